The summed E-state index contributed by atoms with van der Waals surface area (Å²) in [5, 5.41) is 1.99. The number of Topliss-reactive ketones (excluding diaryl/α,β-unsaturated/α-hetero) is 1. The Hall–Kier alpha value is -2.28. The smallest absolute Gasteiger partial charge is 0.243 e. The van der Waals surface area contributed by atoms with Gasteiger partial charge in [-0.25, -0.2) is 8.42 Å². The zero-order chi connectivity index (χ0) is 20.1. The lowest BCUT2D eigenvalue weighted by atomic mass is 10.1. The molecule has 0 bridgehead atoms. The summed E-state index contributed by atoms with van der Waals surface area (Å²) in [6.07, 6.45) is 0.635. The van der Waals surface area contributed by atoms with Crippen LogP contribution in [0.25, 0.3) is 0 Å². The molecule has 1 atom stereocenters. The second-order valence-electron chi connectivity index (χ2n) is 6.75. The Labute approximate surface area is 170 Å². The van der Waals surface area contributed by atoms with Crippen LogP contribution in [0.4, 0.5) is 0 Å². The van der Waals surface area contributed by atoms with E-state index in [-0.39, 0.29) is 23.3 Å². The van der Waals surface area contributed by atoms with Crippen molar-refractivity contribution in [1.29, 1.82) is 0 Å². The van der Waals surface area contributed by atoms with E-state index in [1.807, 2.05) is 54.8 Å². The second-order valence-corrected chi connectivity index (χ2v) is 9.68. The molecule has 0 fully saturated rings. The van der Waals surface area contributed by atoms with Crippen LogP contribution in [0, 0.1) is 0 Å². The van der Waals surface area contributed by atoms with Gasteiger partial charge in [0.1, 0.15) is 0 Å². The van der Waals surface area contributed by atoms with Crippen molar-refractivity contribution in [2.24, 2.45) is 0 Å². The number of rotatable bonds is 8. The summed E-state index contributed by atoms with van der Waals surface area (Å²) in [4.78, 5) is 13.0. The van der Waals surface area contributed by atoms with Crippen LogP contribution in [0.2, 0.25) is 0 Å². The largest absolute Gasteiger partial charge is 0.295 e. The summed E-state index contributed by atoms with van der Waals surface area (Å²) < 4.78 is 28.5. The number of carbonyl (C=O) groups excluding carboxylic acids is 1. The van der Waals surface area contributed by atoms with Gasteiger partial charge in [-0.1, -0.05) is 48.5 Å². The Morgan fingerprint density at radius 3 is 2.43 bits per heavy atom. The third-order valence-electron chi connectivity index (χ3n) is 4.60. The Morgan fingerprint density at radius 1 is 1.04 bits per heavy atom. The highest BCUT2D eigenvalue weighted by Gasteiger charge is 2.30. The van der Waals surface area contributed by atoms with Crippen molar-refractivity contribution in [1.82, 2.24) is 4.31 Å². The van der Waals surface area contributed by atoms with E-state index >= 15 is 0 Å². The minimum Gasteiger partial charge on any atom is -0.295 e. The van der Waals surface area contributed by atoms with Crippen LogP contribution in [0.5, 0.6) is 0 Å². The van der Waals surface area contributed by atoms with Crippen LogP contribution in [0.3, 0.4) is 0 Å². The fourth-order valence-electron chi connectivity index (χ4n) is 3.07. The molecule has 1 unspecified atom stereocenters. The van der Waals surface area contributed by atoms with Gasteiger partial charge >= 0.3 is 0 Å². The van der Waals surface area contributed by atoms with Gasteiger partial charge in [-0.15, -0.1) is 11.3 Å². The number of benzene rings is 2. The third kappa shape index (κ3) is 4.76. The van der Waals surface area contributed by atoms with E-state index in [4.69, 9.17) is 0 Å². The molecule has 4 nitrogen and oxygen atoms in total. The van der Waals surface area contributed by atoms with Crippen LogP contribution < -0.4 is 0 Å². The highest BCUT2D eigenvalue weighted by Crippen LogP contribution is 2.25. The number of sulfonamides is 1. The van der Waals surface area contributed by atoms with Crippen molar-refractivity contribution >= 4 is 27.1 Å². The summed E-state index contributed by atoms with van der Waals surface area (Å²) >= 11 is 1.62. The SMILES string of the molecule is CC(=O)c1cccc(S(=O)(=O)N(Cc2ccccc2)C(C)Cc2cccs2)c1. The standard InChI is InChI=1S/C22H23NO3S2/c1-17(14-21-11-7-13-27-21)23(16-19-8-4-3-5-9-19)28(25,26)22-12-6-10-20(15-22)18(2)24/h3-13,15,17H,14,16H2,1-2H3. The highest BCUT2D eigenvalue weighted by molar-refractivity contribution is 7.89. The van der Waals surface area contributed by atoms with Crippen LogP contribution in [-0.2, 0) is 23.0 Å². The van der Waals surface area contributed by atoms with Crippen LogP contribution in [0.1, 0.15) is 34.6 Å². The summed E-state index contributed by atoms with van der Waals surface area (Å²) in [6.45, 7) is 3.64. The predicted molar refractivity (Wildman–Crippen MR) is 113 cm³/mol. The molecule has 0 saturated carbocycles. The Morgan fingerprint density at radius 2 is 1.79 bits per heavy atom. The lowest BCUT2D eigenvalue weighted by Gasteiger charge is -2.28. The van der Waals surface area contributed by atoms with E-state index in [1.165, 1.54) is 17.3 Å². The van der Waals surface area contributed by atoms with E-state index in [0.717, 1.165) is 10.4 Å². The van der Waals surface area contributed by atoms with E-state index in [1.54, 1.807) is 29.5 Å². The van der Waals surface area contributed by atoms with Gasteiger partial charge < -0.3 is 0 Å². The van der Waals surface area contributed by atoms with Gasteiger partial charge in [0.2, 0.25) is 10.0 Å². The summed E-state index contributed by atoms with van der Waals surface area (Å²) in [6, 6.07) is 19.6. The van der Waals surface area contributed by atoms with Gasteiger partial charge in [-0.05, 0) is 49.4 Å². The van der Waals surface area contributed by atoms with Crippen molar-refractivity contribution in [2.75, 3.05) is 0 Å². The summed E-state index contributed by atoms with van der Waals surface area (Å²) in [5.74, 6) is -0.154. The van der Waals surface area contributed by atoms with Gasteiger partial charge in [0.15, 0.2) is 5.78 Å². The number of thiophene rings is 1. The zero-order valence-corrected chi connectivity index (χ0v) is 17.5. The Bertz CT molecular complexity index is 1030. The molecule has 6 heteroatoms. The molecular weight excluding hydrogens is 390 g/mol. The summed E-state index contributed by atoms with van der Waals surface area (Å²) in [5.41, 5.74) is 1.32. The van der Waals surface area contributed by atoms with Gasteiger partial charge in [0.05, 0.1) is 4.90 Å². The van der Waals surface area contributed by atoms with E-state index in [0.29, 0.717) is 12.0 Å². The molecular formula is C22H23NO3S2. The van der Waals surface area contributed by atoms with E-state index in [2.05, 4.69) is 0 Å². The molecule has 0 radical (unpaired) electrons. The number of ketones is 1. The number of carbonyl (C=O) groups is 1. The molecule has 0 N–H and O–H groups in total. The molecule has 0 aliphatic rings. The molecule has 28 heavy (non-hydrogen) atoms. The highest BCUT2D eigenvalue weighted by atomic mass is 32.2. The topological polar surface area (TPSA) is 54.5 Å². The van der Waals surface area contributed by atoms with Crippen LogP contribution >= 0.6 is 11.3 Å². The second kappa shape index (κ2) is 8.82. The lowest BCUT2D eigenvalue weighted by molar-refractivity contribution is 0.101. The maximum absolute atomic E-state index is 13.5. The zero-order valence-electron chi connectivity index (χ0n) is 15.9. The normalized spacial score (nSPS) is 12.8. The first-order chi connectivity index (χ1) is 13.4. The number of nitrogens with zero attached hydrogens (tertiary/aromatic N) is 1. The predicted octanol–water partition coefficient (Wildman–Crippen LogP) is 4.77. The number of hydrogen-bond acceptors (Lipinski definition) is 4. The monoisotopic (exact) mass is 413 g/mol. The average molecular weight is 414 g/mol. The quantitative estimate of drug-likeness (QED) is 0.500. The van der Waals surface area contributed by atoms with Crippen molar-refractivity contribution in [3.63, 3.8) is 0 Å². The molecule has 3 rings (SSSR count). The maximum Gasteiger partial charge on any atom is 0.243 e. The molecule has 3 aromatic rings. The minimum atomic E-state index is -3.77. The fourth-order valence-corrected chi connectivity index (χ4v) is 5.56. The molecule has 0 spiro atoms. The molecule has 1 heterocycles. The maximum atomic E-state index is 13.5. The van der Waals surface area contributed by atoms with Crippen LogP contribution in [-0.4, -0.2) is 24.5 Å². The summed E-state index contributed by atoms with van der Waals surface area (Å²) in [7, 11) is -3.77. The van der Waals surface area contributed by atoms with Gasteiger partial charge in [-0.3, -0.25) is 4.79 Å². The first-order valence-corrected chi connectivity index (χ1v) is 11.4. The van der Waals surface area contributed by atoms with Crippen molar-refractivity contribution < 1.29 is 13.2 Å². The van der Waals surface area contributed by atoms with Crippen LogP contribution in [0.15, 0.2) is 77.0 Å². The molecule has 0 aliphatic heterocycles. The first kappa shape index (κ1) is 20.5. The van der Waals surface area contributed by atoms with Gasteiger partial charge in [0, 0.05) is 23.0 Å². The first-order valence-electron chi connectivity index (χ1n) is 9.07. The molecule has 1 aromatic heterocycles. The molecule has 0 aliphatic carbocycles. The van der Waals surface area contributed by atoms with E-state index in [9.17, 15) is 13.2 Å². The fraction of sp³-hybridized carbons (Fsp3) is 0.227. The molecule has 2 aromatic carbocycles. The molecule has 0 saturated heterocycles. The third-order valence-corrected chi connectivity index (χ3v) is 7.45. The lowest BCUT2D eigenvalue weighted by Crippen LogP contribution is -2.39. The van der Waals surface area contributed by atoms with Gasteiger partial charge in [-0.2, -0.15) is 4.31 Å². The minimum absolute atomic E-state index is 0.147. The molecule has 0 amide bonds. The van der Waals surface area contributed by atoms with E-state index < -0.39 is 10.0 Å². The number of hydrogen-bond donors (Lipinski definition) is 0. The van der Waals surface area contributed by atoms with Crippen molar-refractivity contribution in [3.05, 3.63) is 88.1 Å². The Balaban J connectivity index is 1.98. The Kier molecular flexibility index (Phi) is 6.44. The molecule has 146 valence electrons. The average Bonchev–Trinajstić information content (AvgIpc) is 3.19. The van der Waals surface area contributed by atoms with Gasteiger partial charge in [0.25, 0.3) is 0 Å². The van der Waals surface area contributed by atoms with Crippen molar-refractivity contribution in [3.8, 4) is 0 Å². The van der Waals surface area contributed by atoms with Crippen molar-refractivity contribution in [2.45, 2.75) is 37.8 Å².